The Balaban J connectivity index is 1.49. The molecule has 0 bridgehead atoms. The van der Waals surface area contributed by atoms with Crippen LogP contribution in [0.3, 0.4) is 0 Å². The lowest BCUT2D eigenvalue weighted by Gasteiger charge is -2.32. The Morgan fingerprint density at radius 1 is 1.17 bits per heavy atom. The number of nitrogens with zero attached hydrogens (tertiary/aromatic N) is 1. The molecule has 3 nitrogen and oxygen atoms in total. The molecule has 1 aliphatic heterocycles. The van der Waals surface area contributed by atoms with E-state index in [4.69, 9.17) is 0 Å². The van der Waals surface area contributed by atoms with Gasteiger partial charge in [-0.1, -0.05) is 46.3 Å². The molecular formula is C19H23BrN2OS. The lowest BCUT2D eigenvalue weighted by molar-refractivity contribution is 0.200. The number of hydrogen-bond acceptors (Lipinski definition) is 3. The number of rotatable bonds is 5. The highest BCUT2D eigenvalue weighted by Crippen LogP contribution is 2.21. The third-order valence-electron chi connectivity index (χ3n) is 4.45. The number of aryl methyl sites for hydroxylation is 1. The highest BCUT2D eigenvalue weighted by atomic mass is 79.9. The van der Waals surface area contributed by atoms with Crippen LogP contribution in [0.25, 0.3) is 0 Å². The summed E-state index contributed by atoms with van der Waals surface area (Å²) in [5, 5.41) is 0. The van der Waals surface area contributed by atoms with Gasteiger partial charge in [0.1, 0.15) is 0 Å². The van der Waals surface area contributed by atoms with Crippen molar-refractivity contribution in [1.82, 2.24) is 9.62 Å². The summed E-state index contributed by atoms with van der Waals surface area (Å²) in [5.74, 6) is 0. The minimum Gasteiger partial charge on any atom is -0.593 e. The summed E-state index contributed by atoms with van der Waals surface area (Å²) in [5.41, 5.74) is 2.47. The molecule has 2 aromatic carbocycles. The molecule has 1 fully saturated rings. The maximum absolute atomic E-state index is 12.5. The third-order valence-corrected chi connectivity index (χ3v) is 6.57. The fourth-order valence-corrected chi connectivity index (χ4v) is 4.40. The van der Waals surface area contributed by atoms with Crippen LogP contribution in [0, 0.1) is 6.92 Å². The Bertz CT molecular complexity index is 660. The molecule has 0 amide bonds. The van der Waals surface area contributed by atoms with E-state index in [1.807, 2.05) is 25.1 Å². The van der Waals surface area contributed by atoms with Crippen LogP contribution in [0.4, 0.5) is 0 Å². The highest BCUT2D eigenvalue weighted by Gasteiger charge is 2.24. The number of benzene rings is 2. The second kappa shape index (κ2) is 8.50. The Morgan fingerprint density at radius 2 is 1.88 bits per heavy atom. The lowest BCUT2D eigenvalue weighted by atomic mass is 10.1. The summed E-state index contributed by atoms with van der Waals surface area (Å²) in [6.45, 7) is 5.11. The molecule has 128 valence electrons. The van der Waals surface area contributed by atoms with E-state index in [2.05, 4.69) is 55.9 Å². The van der Waals surface area contributed by atoms with Gasteiger partial charge < -0.3 is 4.55 Å². The Hall–Kier alpha value is -0.850. The van der Waals surface area contributed by atoms with E-state index in [0.717, 1.165) is 47.4 Å². The molecule has 0 saturated carbocycles. The second-order valence-corrected chi connectivity index (χ2v) is 8.43. The molecule has 1 N–H and O–H groups in total. The van der Waals surface area contributed by atoms with Crippen LogP contribution in [0.2, 0.25) is 0 Å². The summed E-state index contributed by atoms with van der Waals surface area (Å²) < 4.78 is 16.9. The van der Waals surface area contributed by atoms with Crippen molar-refractivity contribution in [2.75, 3.05) is 13.1 Å². The fraction of sp³-hybridized carbons (Fsp3) is 0.368. The number of piperidine rings is 1. The Kier molecular flexibility index (Phi) is 6.36. The van der Waals surface area contributed by atoms with Crippen LogP contribution >= 0.6 is 15.9 Å². The Labute approximate surface area is 155 Å². The van der Waals surface area contributed by atoms with Gasteiger partial charge in [-0.05, 0) is 49.1 Å². The molecule has 1 saturated heterocycles. The van der Waals surface area contributed by atoms with Crippen LogP contribution in [0.1, 0.15) is 24.0 Å². The van der Waals surface area contributed by atoms with Gasteiger partial charge >= 0.3 is 0 Å². The van der Waals surface area contributed by atoms with E-state index >= 15 is 0 Å². The van der Waals surface area contributed by atoms with Gasteiger partial charge in [0.05, 0.1) is 17.4 Å². The standard InChI is InChI=1S/C19H23BrN2OS/c1-15-13-18(7-8-19(15)20)24(23)21-17-9-11-22(12-10-17)14-16-5-3-2-4-6-16/h2-8,13,17,21H,9-12,14H2,1H3/t24-/m0/s1. The summed E-state index contributed by atoms with van der Waals surface area (Å²) >= 11 is 2.35. The maximum atomic E-state index is 12.5. The van der Waals surface area contributed by atoms with E-state index in [1.165, 1.54) is 5.56 Å². The molecule has 24 heavy (non-hydrogen) atoms. The second-order valence-electron chi connectivity index (χ2n) is 6.33. The predicted molar refractivity (Wildman–Crippen MR) is 103 cm³/mol. The molecule has 1 atom stereocenters. The van der Waals surface area contributed by atoms with Crippen LogP contribution < -0.4 is 4.72 Å². The van der Waals surface area contributed by atoms with Gasteiger partial charge in [0, 0.05) is 24.1 Å². The van der Waals surface area contributed by atoms with Crippen molar-refractivity contribution in [2.45, 2.75) is 37.2 Å². The van der Waals surface area contributed by atoms with Crippen LogP contribution in [-0.2, 0) is 17.9 Å². The summed E-state index contributed by atoms with van der Waals surface area (Å²) in [6.07, 6.45) is 2.07. The molecule has 1 aliphatic rings. The maximum Gasteiger partial charge on any atom is 0.174 e. The quantitative estimate of drug-likeness (QED) is 0.761. The Morgan fingerprint density at radius 3 is 2.54 bits per heavy atom. The van der Waals surface area contributed by atoms with E-state index in [0.29, 0.717) is 6.04 Å². The molecule has 0 aromatic heterocycles. The first kappa shape index (κ1) is 18.0. The van der Waals surface area contributed by atoms with Gasteiger partial charge in [-0.15, -0.1) is 4.72 Å². The van der Waals surface area contributed by atoms with Crippen LogP contribution in [-0.4, -0.2) is 28.6 Å². The number of nitrogens with one attached hydrogen (secondary N) is 1. The third kappa shape index (κ3) is 4.83. The SMILES string of the molecule is Cc1cc([S@+]([O-])NC2CCN(Cc3ccccc3)CC2)ccc1Br. The molecule has 0 radical (unpaired) electrons. The first-order valence-electron chi connectivity index (χ1n) is 8.32. The van der Waals surface area contributed by atoms with Gasteiger partial charge in [0.15, 0.2) is 4.90 Å². The molecule has 0 unspecified atom stereocenters. The predicted octanol–water partition coefficient (Wildman–Crippen LogP) is 4.03. The topological polar surface area (TPSA) is 38.3 Å². The van der Waals surface area contributed by atoms with Gasteiger partial charge in [0.25, 0.3) is 0 Å². The normalized spacial score (nSPS) is 17.8. The van der Waals surface area contributed by atoms with E-state index in [1.54, 1.807) is 0 Å². The van der Waals surface area contributed by atoms with Crippen molar-refractivity contribution < 1.29 is 4.55 Å². The zero-order valence-electron chi connectivity index (χ0n) is 13.9. The first-order chi connectivity index (χ1) is 11.6. The highest BCUT2D eigenvalue weighted by molar-refractivity contribution is 9.10. The van der Waals surface area contributed by atoms with Gasteiger partial charge in [-0.25, -0.2) is 0 Å². The first-order valence-corrected chi connectivity index (χ1v) is 10.3. The van der Waals surface area contributed by atoms with Crippen molar-refractivity contribution in [3.63, 3.8) is 0 Å². The van der Waals surface area contributed by atoms with Crippen molar-refractivity contribution in [3.05, 3.63) is 64.1 Å². The summed E-state index contributed by atoms with van der Waals surface area (Å²) in [6, 6.07) is 16.8. The number of likely N-dealkylation sites (tertiary alicyclic amines) is 1. The zero-order valence-corrected chi connectivity index (χ0v) is 16.3. The molecule has 2 aromatic rings. The average Bonchev–Trinajstić information content (AvgIpc) is 2.60. The van der Waals surface area contributed by atoms with Gasteiger partial charge in [-0.2, -0.15) is 0 Å². The van der Waals surface area contributed by atoms with Crippen molar-refractivity contribution in [2.24, 2.45) is 0 Å². The van der Waals surface area contributed by atoms with Crippen molar-refractivity contribution in [1.29, 1.82) is 0 Å². The van der Waals surface area contributed by atoms with Gasteiger partial charge in [-0.3, -0.25) is 4.90 Å². The largest absolute Gasteiger partial charge is 0.593 e. The fourth-order valence-electron chi connectivity index (χ4n) is 3.00. The monoisotopic (exact) mass is 406 g/mol. The van der Waals surface area contributed by atoms with Crippen molar-refractivity contribution >= 4 is 27.3 Å². The zero-order chi connectivity index (χ0) is 16.9. The van der Waals surface area contributed by atoms with E-state index in [9.17, 15) is 4.55 Å². The molecule has 3 rings (SSSR count). The summed E-state index contributed by atoms with van der Waals surface area (Å²) in [7, 11) is 0. The molecular weight excluding hydrogens is 384 g/mol. The summed E-state index contributed by atoms with van der Waals surface area (Å²) in [4.78, 5) is 3.32. The van der Waals surface area contributed by atoms with E-state index < -0.39 is 11.4 Å². The van der Waals surface area contributed by atoms with E-state index in [-0.39, 0.29) is 0 Å². The van der Waals surface area contributed by atoms with Crippen molar-refractivity contribution in [3.8, 4) is 0 Å². The molecule has 5 heteroatoms. The number of halogens is 1. The van der Waals surface area contributed by atoms with Crippen LogP contribution in [0.5, 0.6) is 0 Å². The average molecular weight is 407 g/mol. The molecule has 0 spiro atoms. The van der Waals surface area contributed by atoms with Gasteiger partial charge in [0.2, 0.25) is 0 Å². The molecule has 0 aliphatic carbocycles. The minimum absolute atomic E-state index is 0.321. The lowest BCUT2D eigenvalue weighted by Crippen LogP contribution is -2.44. The molecule has 1 heterocycles. The van der Waals surface area contributed by atoms with Crippen LogP contribution in [0.15, 0.2) is 57.9 Å². The minimum atomic E-state index is -1.14. The smallest absolute Gasteiger partial charge is 0.174 e. The number of hydrogen-bond donors (Lipinski definition) is 1.